The van der Waals surface area contributed by atoms with Crippen LogP contribution >= 0.6 is 15.9 Å². The first kappa shape index (κ1) is 19.1. The van der Waals surface area contributed by atoms with Crippen LogP contribution in [-0.4, -0.2) is 55.2 Å². The Morgan fingerprint density at radius 3 is 2.60 bits per heavy atom. The number of nitrogens with two attached hydrogens (primary N) is 1. The second-order valence-corrected chi connectivity index (χ2v) is 6.43. The summed E-state index contributed by atoms with van der Waals surface area (Å²) in [7, 11) is 4.99. The number of halogens is 1. The van der Waals surface area contributed by atoms with E-state index >= 15 is 0 Å². The van der Waals surface area contributed by atoms with Gasteiger partial charge in [-0.1, -0.05) is 0 Å². The lowest BCUT2D eigenvalue weighted by Crippen LogP contribution is -2.24. The van der Waals surface area contributed by atoms with Gasteiger partial charge in [0.15, 0.2) is 0 Å². The summed E-state index contributed by atoms with van der Waals surface area (Å²) in [6, 6.07) is 5.49. The van der Waals surface area contributed by atoms with Crippen LogP contribution in [0.2, 0.25) is 0 Å². The van der Waals surface area contributed by atoms with Crippen LogP contribution in [0, 0.1) is 6.92 Å². The third-order valence-electron chi connectivity index (χ3n) is 3.48. The number of aromatic nitrogens is 2. The monoisotopic (exact) mass is 408 g/mol. The van der Waals surface area contributed by atoms with Crippen molar-refractivity contribution < 1.29 is 14.3 Å². The molecule has 0 atom stereocenters. The van der Waals surface area contributed by atoms with E-state index in [1.165, 1.54) is 4.90 Å². The number of methoxy groups -OCH3 is 1. The minimum atomic E-state index is -0.177. The molecular weight excluding hydrogens is 388 g/mol. The molecule has 0 radical (unpaired) electrons. The number of ether oxygens (including phenoxy) is 2. The van der Waals surface area contributed by atoms with Gasteiger partial charge in [-0.05, 0) is 41.1 Å². The van der Waals surface area contributed by atoms with Crippen molar-refractivity contribution in [2.75, 3.05) is 40.2 Å². The Morgan fingerprint density at radius 1 is 1.28 bits per heavy atom. The topological polar surface area (TPSA) is 90.6 Å². The number of benzene rings is 1. The number of rotatable bonds is 6. The maximum atomic E-state index is 12.6. The molecule has 0 spiro atoms. The molecule has 0 bridgehead atoms. The van der Waals surface area contributed by atoms with Crippen LogP contribution in [0.25, 0.3) is 11.3 Å². The average molecular weight is 409 g/mol. The fourth-order valence-electron chi connectivity index (χ4n) is 2.28. The highest BCUT2D eigenvalue weighted by molar-refractivity contribution is 9.10. The van der Waals surface area contributed by atoms with Crippen molar-refractivity contribution in [2.24, 2.45) is 0 Å². The third-order valence-corrected chi connectivity index (χ3v) is 4.10. The maximum absolute atomic E-state index is 12.6. The number of carbonyl (C=O) groups is 1. The van der Waals surface area contributed by atoms with Gasteiger partial charge in [-0.15, -0.1) is 0 Å². The molecule has 0 saturated carbocycles. The third kappa shape index (κ3) is 4.46. The standard InChI is InChI=1S/C17H21BrN4O3/c1-10-14(16(23)22(2)3)15(21-17(19)20-10)11-5-6-13(12(18)9-11)25-8-7-24-4/h5-6,9H,7-8H2,1-4H3,(H2,19,20,21). The number of hydrogen-bond donors (Lipinski definition) is 1. The van der Waals surface area contributed by atoms with Crippen LogP contribution < -0.4 is 10.5 Å². The summed E-state index contributed by atoms with van der Waals surface area (Å²) in [6.45, 7) is 2.69. The number of anilines is 1. The molecule has 2 rings (SSSR count). The molecule has 0 aliphatic heterocycles. The van der Waals surface area contributed by atoms with Crippen molar-refractivity contribution in [2.45, 2.75) is 6.92 Å². The summed E-state index contributed by atoms with van der Waals surface area (Å²) in [6.07, 6.45) is 0. The van der Waals surface area contributed by atoms with E-state index in [4.69, 9.17) is 15.2 Å². The van der Waals surface area contributed by atoms with E-state index in [-0.39, 0.29) is 11.9 Å². The number of aryl methyl sites for hydroxylation is 1. The molecule has 1 amide bonds. The summed E-state index contributed by atoms with van der Waals surface area (Å²) < 4.78 is 11.4. The van der Waals surface area contributed by atoms with Crippen molar-refractivity contribution in [3.8, 4) is 17.0 Å². The lowest BCUT2D eigenvalue weighted by molar-refractivity contribution is 0.0827. The zero-order valence-corrected chi connectivity index (χ0v) is 16.3. The summed E-state index contributed by atoms with van der Waals surface area (Å²) in [4.78, 5) is 22.5. The van der Waals surface area contributed by atoms with Crippen LogP contribution in [0.5, 0.6) is 5.75 Å². The second kappa shape index (κ2) is 8.26. The molecule has 0 saturated heterocycles. The highest BCUT2D eigenvalue weighted by Gasteiger charge is 2.21. The molecule has 0 unspecified atom stereocenters. The SMILES string of the molecule is COCCOc1ccc(-c2nc(N)nc(C)c2C(=O)N(C)C)cc1Br. The molecule has 8 heteroatoms. The predicted octanol–water partition coefficient (Wildman–Crippen LogP) is 2.52. The summed E-state index contributed by atoms with van der Waals surface area (Å²) >= 11 is 3.49. The van der Waals surface area contributed by atoms with Gasteiger partial charge in [0.1, 0.15) is 12.4 Å². The largest absolute Gasteiger partial charge is 0.490 e. The Hall–Kier alpha value is -2.19. The van der Waals surface area contributed by atoms with Gasteiger partial charge in [0.2, 0.25) is 5.95 Å². The molecule has 1 heterocycles. The van der Waals surface area contributed by atoms with E-state index < -0.39 is 0 Å². The highest BCUT2D eigenvalue weighted by Crippen LogP contribution is 2.32. The van der Waals surface area contributed by atoms with Crippen molar-refractivity contribution in [1.29, 1.82) is 0 Å². The van der Waals surface area contributed by atoms with Crippen LogP contribution in [0.4, 0.5) is 5.95 Å². The number of nitrogens with zero attached hydrogens (tertiary/aromatic N) is 3. The number of carbonyl (C=O) groups excluding carboxylic acids is 1. The normalized spacial score (nSPS) is 10.6. The summed E-state index contributed by atoms with van der Waals surface area (Å²) in [5.74, 6) is 0.628. The van der Waals surface area contributed by atoms with Crippen molar-refractivity contribution >= 4 is 27.8 Å². The lowest BCUT2D eigenvalue weighted by atomic mass is 10.0. The van der Waals surface area contributed by atoms with Gasteiger partial charge >= 0.3 is 0 Å². The van der Waals surface area contributed by atoms with Gasteiger partial charge in [0, 0.05) is 26.8 Å². The Labute approximate surface area is 155 Å². The van der Waals surface area contributed by atoms with E-state index in [1.54, 1.807) is 28.1 Å². The molecule has 1 aromatic carbocycles. The molecule has 0 fully saturated rings. The van der Waals surface area contributed by atoms with Gasteiger partial charge in [-0.3, -0.25) is 4.79 Å². The number of amides is 1. The van der Waals surface area contributed by atoms with Gasteiger partial charge in [0.25, 0.3) is 5.91 Å². The molecule has 0 aliphatic rings. The first-order valence-corrected chi connectivity index (χ1v) is 8.41. The quantitative estimate of drug-likeness (QED) is 0.738. The first-order chi connectivity index (χ1) is 11.8. The molecule has 0 aliphatic carbocycles. The fourth-order valence-corrected chi connectivity index (χ4v) is 2.78. The first-order valence-electron chi connectivity index (χ1n) is 7.62. The van der Waals surface area contributed by atoms with Crippen molar-refractivity contribution in [1.82, 2.24) is 14.9 Å². The predicted molar refractivity (Wildman–Crippen MR) is 99.7 cm³/mol. The van der Waals surface area contributed by atoms with Crippen LogP contribution in [0.15, 0.2) is 22.7 Å². The summed E-state index contributed by atoms with van der Waals surface area (Å²) in [5.41, 5.74) is 8.00. The minimum Gasteiger partial charge on any atom is -0.490 e. The Balaban J connectivity index is 2.47. The minimum absolute atomic E-state index is 0.124. The van der Waals surface area contributed by atoms with E-state index in [0.29, 0.717) is 35.9 Å². The van der Waals surface area contributed by atoms with Crippen LogP contribution in [-0.2, 0) is 4.74 Å². The molecule has 1 aromatic heterocycles. The maximum Gasteiger partial charge on any atom is 0.257 e. The molecular formula is C17H21BrN4O3. The highest BCUT2D eigenvalue weighted by atomic mass is 79.9. The van der Waals surface area contributed by atoms with Crippen LogP contribution in [0.1, 0.15) is 16.1 Å². The average Bonchev–Trinajstić information content (AvgIpc) is 2.55. The van der Waals surface area contributed by atoms with E-state index in [1.807, 2.05) is 18.2 Å². The lowest BCUT2D eigenvalue weighted by Gasteiger charge is -2.16. The van der Waals surface area contributed by atoms with Crippen molar-refractivity contribution in [3.05, 3.63) is 33.9 Å². The molecule has 134 valence electrons. The number of hydrogen-bond acceptors (Lipinski definition) is 6. The molecule has 25 heavy (non-hydrogen) atoms. The van der Waals surface area contributed by atoms with E-state index in [0.717, 1.165) is 10.0 Å². The van der Waals surface area contributed by atoms with Crippen LogP contribution in [0.3, 0.4) is 0 Å². The fraction of sp³-hybridized carbons (Fsp3) is 0.353. The molecule has 2 N–H and O–H groups in total. The van der Waals surface area contributed by atoms with Gasteiger partial charge in [0.05, 0.1) is 28.0 Å². The second-order valence-electron chi connectivity index (χ2n) is 5.58. The smallest absolute Gasteiger partial charge is 0.257 e. The summed E-state index contributed by atoms with van der Waals surface area (Å²) in [5, 5.41) is 0. The zero-order valence-electron chi connectivity index (χ0n) is 14.7. The number of nitrogen functional groups attached to an aromatic ring is 1. The van der Waals surface area contributed by atoms with Crippen molar-refractivity contribution in [3.63, 3.8) is 0 Å². The Bertz CT molecular complexity index is 781. The zero-order chi connectivity index (χ0) is 18.6. The molecule has 7 nitrogen and oxygen atoms in total. The van der Waals surface area contributed by atoms with Gasteiger partial charge in [-0.2, -0.15) is 0 Å². The Kier molecular flexibility index (Phi) is 6.33. The van der Waals surface area contributed by atoms with E-state index in [2.05, 4.69) is 25.9 Å². The van der Waals surface area contributed by atoms with Gasteiger partial charge in [-0.25, -0.2) is 9.97 Å². The Morgan fingerprint density at radius 2 is 2.00 bits per heavy atom. The molecule has 2 aromatic rings. The van der Waals surface area contributed by atoms with E-state index in [9.17, 15) is 4.79 Å². The van der Waals surface area contributed by atoms with Gasteiger partial charge < -0.3 is 20.1 Å².